The van der Waals surface area contributed by atoms with Crippen LogP contribution in [-0.4, -0.2) is 54.3 Å². The van der Waals surface area contributed by atoms with E-state index in [-0.39, 0.29) is 29.9 Å². The summed E-state index contributed by atoms with van der Waals surface area (Å²) < 4.78 is 16.7. The van der Waals surface area contributed by atoms with E-state index in [1.807, 2.05) is 26.8 Å². The van der Waals surface area contributed by atoms with Gasteiger partial charge in [0.15, 0.2) is 5.78 Å². The molecule has 7 heteroatoms. The fourth-order valence-corrected chi connectivity index (χ4v) is 3.91. The number of ether oxygens (including phenoxy) is 3. The van der Waals surface area contributed by atoms with Gasteiger partial charge in [-0.3, -0.25) is 9.69 Å². The number of nitrogens with zero attached hydrogens (tertiary/aromatic N) is 2. The molecule has 1 aromatic carbocycles. The standard InChI is InChI=1S/C22H28N2O5/c1-22(2,3)29-21(26)24-17-11-16(12-18(24)14-27-13-17)20(25)15-5-7-19(8-6-15)28-10-4-9-23/h5-8,16-18H,4,10-14H2,1-3H3. The number of carbonyl (C=O) groups excluding carboxylic acids is 2. The van der Waals surface area contributed by atoms with E-state index in [0.29, 0.717) is 50.4 Å². The zero-order chi connectivity index (χ0) is 21.0. The van der Waals surface area contributed by atoms with Crippen LogP contribution >= 0.6 is 0 Å². The molecule has 3 rings (SSSR count). The largest absolute Gasteiger partial charge is 0.493 e. The Morgan fingerprint density at radius 2 is 1.79 bits per heavy atom. The molecule has 0 N–H and O–H groups in total. The van der Waals surface area contributed by atoms with Gasteiger partial charge in [0.05, 0.1) is 37.8 Å². The van der Waals surface area contributed by atoms with Crippen molar-refractivity contribution >= 4 is 11.9 Å². The summed E-state index contributed by atoms with van der Waals surface area (Å²) in [6, 6.07) is 8.75. The molecule has 1 amide bonds. The summed E-state index contributed by atoms with van der Waals surface area (Å²) in [5.41, 5.74) is 0.0722. The molecule has 29 heavy (non-hydrogen) atoms. The molecule has 2 unspecified atom stereocenters. The number of piperidine rings is 1. The van der Waals surface area contributed by atoms with Gasteiger partial charge < -0.3 is 14.2 Å². The van der Waals surface area contributed by atoms with Gasteiger partial charge in [-0.25, -0.2) is 4.79 Å². The van der Waals surface area contributed by atoms with Gasteiger partial charge in [0, 0.05) is 11.5 Å². The van der Waals surface area contributed by atoms with Crippen molar-refractivity contribution in [3.05, 3.63) is 29.8 Å². The van der Waals surface area contributed by atoms with Gasteiger partial charge in [0.2, 0.25) is 0 Å². The van der Waals surface area contributed by atoms with Crippen molar-refractivity contribution in [2.24, 2.45) is 5.92 Å². The van der Waals surface area contributed by atoms with Crippen LogP contribution in [0.4, 0.5) is 4.79 Å². The smallest absolute Gasteiger partial charge is 0.410 e. The number of nitriles is 1. The molecule has 0 saturated carbocycles. The molecule has 2 atom stereocenters. The summed E-state index contributed by atoms with van der Waals surface area (Å²) in [5.74, 6) is 0.564. The van der Waals surface area contributed by atoms with E-state index in [1.165, 1.54) is 0 Å². The molecular weight excluding hydrogens is 372 g/mol. The molecule has 2 saturated heterocycles. The molecule has 2 aliphatic rings. The van der Waals surface area contributed by atoms with E-state index in [1.54, 1.807) is 29.2 Å². The minimum atomic E-state index is -0.560. The molecule has 0 aromatic heterocycles. The highest BCUT2D eigenvalue weighted by molar-refractivity contribution is 5.98. The molecule has 1 aromatic rings. The van der Waals surface area contributed by atoms with Gasteiger partial charge >= 0.3 is 6.09 Å². The lowest BCUT2D eigenvalue weighted by Gasteiger charge is -2.47. The highest BCUT2D eigenvalue weighted by Gasteiger charge is 2.45. The van der Waals surface area contributed by atoms with Gasteiger partial charge in [-0.1, -0.05) is 0 Å². The van der Waals surface area contributed by atoms with Crippen LogP contribution in [0.5, 0.6) is 5.75 Å². The third-order valence-electron chi connectivity index (χ3n) is 5.12. The predicted octanol–water partition coefficient (Wildman–Crippen LogP) is 3.58. The number of ketones is 1. The predicted molar refractivity (Wildman–Crippen MR) is 106 cm³/mol. The molecule has 2 bridgehead atoms. The van der Waals surface area contributed by atoms with Crippen molar-refractivity contribution < 1.29 is 23.8 Å². The molecule has 0 radical (unpaired) electrons. The van der Waals surface area contributed by atoms with Crippen LogP contribution in [-0.2, 0) is 9.47 Å². The van der Waals surface area contributed by atoms with Crippen LogP contribution in [0.3, 0.4) is 0 Å². The maximum absolute atomic E-state index is 13.0. The lowest BCUT2D eigenvalue weighted by Crippen LogP contribution is -2.60. The SMILES string of the molecule is CC(C)(C)OC(=O)N1C2COCC1CC(C(=O)c1ccc(OCCC#N)cc1)C2. The monoisotopic (exact) mass is 400 g/mol. The van der Waals surface area contributed by atoms with Crippen LogP contribution < -0.4 is 4.74 Å². The first-order chi connectivity index (χ1) is 13.8. The summed E-state index contributed by atoms with van der Waals surface area (Å²) >= 11 is 0. The Hall–Kier alpha value is -2.59. The van der Waals surface area contributed by atoms with Crippen molar-refractivity contribution in [2.75, 3.05) is 19.8 Å². The van der Waals surface area contributed by atoms with Crippen molar-refractivity contribution in [1.82, 2.24) is 4.90 Å². The first-order valence-corrected chi connectivity index (χ1v) is 10.0. The summed E-state index contributed by atoms with van der Waals surface area (Å²) in [5, 5.41) is 8.57. The minimum Gasteiger partial charge on any atom is -0.493 e. The van der Waals surface area contributed by atoms with Crippen molar-refractivity contribution in [3.63, 3.8) is 0 Å². The quantitative estimate of drug-likeness (QED) is 0.554. The second-order valence-corrected chi connectivity index (χ2v) is 8.55. The number of hydrogen-bond donors (Lipinski definition) is 0. The average Bonchev–Trinajstić information content (AvgIpc) is 2.66. The number of fused-ring (bicyclic) bond motifs is 2. The second kappa shape index (κ2) is 8.83. The zero-order valence-electron chi connectivity index (χ0n) is 17.2. The molecule has 2 fully saturated rings. The number of Topliss-reactive ketones (excluding diaryl/α,β-unsaturated/α-hetero) is 1. The van der Waals surface area contributed by atoms with Gasteiger partial charge in [0.25, 0.3) is 0 Å². The third-order valence-corrected chi connectivity index (χ3v) is 5.12. The number of carbonyl (C=O) groups is 2. The van der Waals surface area contributed by atoms with E-state index in [0.717, 1.165) is 0 Å². The van der Waals surface area contributed by atoms with Crippen LogP contribution in [0.2, 0.25) is 0 Å². The van der Waals surface area contributed by atoms with E-state index in [9.17, 15) is 9.59 Å². The first kappa shape index (κ1) is 21.1. The fourth-order valence-electron chi connectivity index (χ4n) is 3.91. The van der Waals surface area contributed by atoms with Crippen molar-refractivity contribution in [3.8, 4) is 11.8 Å². The van der Waals surface area contributed by atoms with Gasteiger partial charge in [-0.15, -0.1) is 0 Å². The molecule has 156 valence electrons. The van der Waals surface area contributed by atoms with Crippen LogP contribution in [0.1, 0.15) is 50.4 Å². The Morgan fingerprint density at radius 3 is 2.34 bits per heavy atom. The van der Waals surface area contributed by atoms with Crippen molar-refractivity contribution in [2.45, 2.75) is 57.7 Å². The minimum absolute atomic E-state index is 0.0781. The Morgan fingerprint density at radius 1 is 1.17 bits per heavy atom. The van der Waals surface area contributed by atoms with Crippen molar-refractivity contribution in [1.29, 1.82) is 5.26 Å². The number of rotatable bonds is 5. The number of hydrogen-bond acceptors (Lipinski definition) is 6. The average molecular weight is 400 g/mol. The summed E-state index contributed by atoms with van der Waals surface area (Å²) in [4.78, 5) is 27.5. The maximum atomic E-state index is 13.0. The first-order valence-electron chi connectivity index (χ1n) is 10.0. The second-order valence-electron chi connectivity index (χ2n) is 8.55. The van der Waals surface area contributed by atoms with E-state index in [2.05, 4.69) is 0 Å². The lowest BCUT2D eigenvalue weighted by molar-refractivity contribution is -0.0861. The van der Waals surface area contributed by atoms with Gasteiger partial charge in [0.1, 0.15) is 18.0 Å². The Bertz CT molecular complexity index is 764. The highest BCUT2D eigenvalue weighted by atomic mass is 16.6. The molecule has 0 aliphatic carbocycles. The molecule has 2 heterocycles. The normalized spacial score (nSPS) is 23.8. The Labute approximate surface area is 171 Å². The van der Waals surface area contributed by atoms with E-state index < -0.39 is 5.60 Å². The summed E-state index contributed by atoms with van der Waals surface area (Å²) in [7, 11) is 0. The van der Waals surface area contributed by atoms with E-state index in [4.69, 9.17) is 19.5 Å². The van der Waals surface area contributed by atoms with Gasteiger partial charge in [-0.05, 0) is 57.9 Å². The van der Waals surface area contributed by atoms with Crippen LogP contribution in [0.25, 0.3) is 0 Å². The number of morpholine rings is 1. The number of benzene rings is 1. The number of amides is 1. The fraction of sp³-hybridized carbons (Fsp3) is 0.591. The maximum Gasteiger partial charge on any atom is 0.410 e. The molecule has 2 aliphatic heterocycles. The lowest BCUT2D eigenvalue weighted by atomic mass is 9.81. The van der Waals surface area contributed by atoms with E-state index >= 15 is 0 Å². The summed E-state index contributed by atoms with van der Waals surface area (Å²) in [6.07, 6.45) is 1.12. The van der Waals surface area contributed by atoms with Gasteiger partial charge in [-0.2, -0.15) is 5.26 Å². The molecular formula is C22H28N2O5. The Balaban J connectivity index is 1.65. The highest BCUT2D eigenvalue weighted by Crippen LogP contribution is 2.34. The zero-order valence-corrected chi connectivity index (χ0v) is 17.2. The topological polar surface area (TPSA) is 88.9 Å². The third kappa shape index (κ3) is 5.27. The van der Waals surface area contributed by atoms with Crippen LogP contribution in [0.15, 0.2) is 24.3 Å². The Kier molecular flexibility index (Phi) is 6.43. The molecule has 0 spiro atoms. The molecule has 7 nitrogen and oxygen atoms in total. The summed E-state index contributed by atoms with van der Waals surface area (Å²) in [6.45, 7) is 6.72. The van der Waals surface area contributed by atoms with Crippen LogP contribution in [0, 0.1) is 17.2 Å².